The Morgan fingerprint density at radius 1 is 0.839 bits per heavy atom. The standard InChI is InChI=1S/C30H27N/c1-18-8-13-25-27-16-22-11-12-23(22)17-28(27)31(24-6-4-3-5-7-24)30(25)29(18)26-15-21-10-9-20(21)14-19(26)2/h3-8,13,15-17,20H,9-12,14H2,1-2H3. The summed E-state index contributed by atoms with van der Waals surface area (Å²) in [7, 11) is 0. The van der Waals surface area contributed by atoms with Crippen molar-refractivity contribution in [1.82, 2.24) is 4.57 Å². The molecule has 1 unspecified atom stereocenters. The molecule has 7 rings (SSSR count). The van der Waals surface area contributed by atoms with E-state index in [9.17, 15) is 0 Å². The van der Waals surface area contributed by atoms with Crippen LogP contribution in [0.15, 0.2) is 71.8 Å². The number of rotatable bonds is 2. The minimum atomic E-state index is 0.808. The zero-order chi connectivity index (χ0) is 20.7. The first-order valence-electron chi connectivity index (χ1n) is 11.7. The van der Waals surface area contributed by atoms with Gasteiger partial charge in [0.2, 0.25) is 0 Å². The summed E-state index contributed by atoms with van der Waals surface area (Å²) < 4.78 is 2.54. The van der Waals surface area contributed by atoms with Gasteiger partial charge in [-0.2, -0.15) is 0 Å². The van der Waals surface area contributed by atoms with Gasteiger partial charge in [-0.1, -0.05) is 47.6 Å². The molecule has 0 aliphatic heterocycles. The normalized spacial score (nSPS) is 19.7. The van der Waals surface area contributed by atoms with Gasteiger partial charge in [0.05, 0.1) is 11.0 Å². The third kappa shape index (κ3) is 2.38. The lowest BCUT2D eigenvalue weighted by Gasteiger charge is -2.35. The molecule has 0 saturated heterocycles. The second-order valence-corrected chi connectivity index (χ2v) is 9.82. The lowest BCUT2D eigenvalue weighted by Crippen LogP contribution is -2.19. The molecular weight excluding hydrogens is 374 g/mol. The Morgan fingerprint density at radius 2 is 1.65 bits per heavy atom. The Kier molecular flexibility index (Phi) is 3.54. The summed E-state index contributed by atoms with van der Waals surface area (Å²) in [6.07, 6.45) is 8.86. The van der Waals surface area contributed by atoms with Crippen molar-refractivity contribution in [3.05, 3.63) is 94.1 Å². The summed E-state index contributed by atoms with van der Waals surface area (Å²) in [5, 5.41) is 2.80. The van der Waals surface area contributed by atoms with Crippen molar-refractivity contribution in [2.24, 2.45) is 5.92 Å². The molecule has 1 heterocycles. The molecule has 0 spiro atoms. The van der Waals surface area contributed by atoms with Gasteiger partial charge in [-0.15, -0.1) is 0 Å². The summed E-state index contributed by atoms with van der Waals surface area (Å²) in [5.74, 6) is 0.808. The number of para-hydroxylation sites is 1. The van der Waals surface area contributed by atoms with Gasteiger partial charge in [0, 0.05) is 22.0 Å². The Balaban J connectivity index is 1.64. The van der Waals surface area contributed by atoms with E-state index >= 15 is 0 Å². The minimum Gasteiger partial charge on any atom is -0.309 e. The van der Waals surface area contributed by atoms with Crippen molar-refractivity contribution in [3.8, 4) is 5.69 Å². The summed E-state index contributed by atoms with van der Waals surface area (Å²) in [6, 6.07) is 20.6. The Morgan fingerprint density at radius 3 is 2.39 bits per heavy atom. The first-order valence-corrected chi connectivity index (χ1v) is 11.7. The van der Waals surface area contributed by atoms with Crippen LogP contribution in [0.25, 0.3) is 33.1 Å². The van der Waals surface area contributed by atoms with Gasteiger partial charge in [0.1, 0.15) is 0 Å². The van der Waals surface area contributed by atoms with Gasteiger partial charge >= 0.3 is 0 Å². The Labute approximate surface area is 183 Å². The largest absolute Gasteiger partial charge is 0.309 e. The van der Waals surface area contributed by atoms with Crippen LogP contribution in [-0.4, -0.2) is 4.57 Å². The number of aryl methyl sites for hydroxylation is 3. The van der Waals surface area contributed by atoms with Crippen molar-refractivity contribution >= 4 is 27.4 Å². The monoisotopic (exact) mass is 401 g/mol. The SMILES string of the molecule is CC1=C(c2c(C)ccc3c4cc5c(cc4n(-c4ccccc4)c23)CC5)C=C2CCC2C1. The fourth-order valence-corrected chi connectivity index (χ4v) is 6.09. The molecule has 0 bridgehead atoms. The second kappa shape index (κ2) is 6.23. The van der Waals surface area contributed by atoms with Crippen LogP contribution in [0.2, 0.25) is 0 Å². The molecule has 1 heteroatoms. The highest BCUT2D eigenvalue weighted by atomic mass is 15.0. The second-order valence-electron chi connectivity index (χ2n) is 9.82. The van der Waals surface area contributed by atoms with Crippen LogP contribution < -0.4 is 0 Å². The highest BCUT2D eigenvalue weighted by Gasteiger charge is 2.30. The number of allylic oxidation sites excluding steroid dienone is 4. The maximum atomic E-state index is 2.54. The lowest BCUT2D eigenvalue weighted by atomic mass is 9.70. The quantitative estimate of drug-likeness (QED) is 0.324. The minimum absolute atomic E-state index is 0.808. The van der Waals surface area contributed by atoms with E-state index < -0.39 is 0 Å². The molecule has 152 valence electrons. The summed E-state index contributed by atoms with van der Waals surface area (Å²) in [6.45, 7) is 4.65. The van der Waals surface area contributed by atoms with Crippen LogP contribution in [0, 0.1) is 12.8 Å². The predicted molar refractivity (Wildman–Crippen MR) is 131 cm³/mol. The third-order valence-electron chi connectivity index (χ3n) is 8.05. The highest BCUT2D eigenvalue weighted by Crippen LogP contribution is 2.48. The fourth-order valence-electron chi connectivity index (χ4n) is 6.09. The molecule has 1 saturated carbocycles. The Bertz CT molecular complexity index is 1460. The zero-order valence-electron chi connectivity index (χ0n) is 18.3. The number of fused-ring (bicyclic) bond motifs is 5. The molecule has 31 heavy (non-hydrogen) atoms. The van der Waals surface area contributed by atoms with Crippen LogP contribution in [0.5, 0.6) is 0 Å². The van der Waals surface area contributed by atoms with Gasteiger partial charge in [0.25, 0.3) is 0 Å². The maximum absolute atomic E-state index is 2.54. The van der Waals surface area contributed by atoms with Crippen LogP contribution in [0.4, 0.5) is 0 Å². The van der Waals surface area contributed by atoms with Gasteiger partial charge in [-0.25, -0.2) is 0 Å². The summed E-state index contributed by atoms with van der Waals surface area (Å²) >= 11 is 0. The van der Waals surface area contributed by atoms with E-state index in [0.717, 1.165) is 5.92 Å². The Hall–Kier alpha value is -3.06. The molecule has 1 nitrogen and oxygen atoms in total. The average molecular weight is 402 g/mol. The molecule has 1 fully saturated rings. The first kappa shape index (κ1) is 17.6. The molecular formula is C30H27N. The first-order chi connectivity index (χ1) is 15.2. The van der Waals surface area contributed by atoms with Crippen molar-refractivity contribution < 1.29 is 0 Å². The third-order valence-corrected chi connectivity index (χ3v) is 8.05. The fraction of sp³-hybridized carbons (Fsp3) is 0.267. The van der Waals surface area contributed by atoms with E-state index in [1.807, 2.05) is 0 Å². The summed E-state index contributed by atoms with van der Waals surface area (Å²) in [5.41, 5.74) is 14.6. The van der Waals surface area contributed by atoms with Gasteiger partial charge < -0.3 is 4.57 Å². The van der Waals surface area contributed by atoms with Crippen LogP contribution >= 0.6 is 0 Å². The average Bonchev–Trinajstić information content (AvgIpc) is 3.06. The highest BCUT2D eigenvalue weighted by molar-refractivity contribution is 6.14. The molecule has 0 amide bonds. The van der Waals surface area contributed by atoms with Crippen molar-refractivity contribution in [2.45, 2.75) is 46.0 Å². The topological polar surface area (TPSA) is 4.93 Å². The molecule has 3 aliphatic rings. The maximum Gasteiger partial charge on any atom is 0.0622 e. The van der Waals surface area contributed by atoms with Crippen molar-refractivity contribution in [1.29, 1.82) is 0 Å². The number of hydrogen-bond donors (Lipinski definition) is 0. The van der Waals surface area contributed by atoms with E-state index in [-0.39, 0.29) is 0 Å². The van der Waals surface area contributed by atoms with E-state index in [0.29, 0.717) is 0 Å². The number of hydrogen-bond acceptors (Lipinski definition) is 0. The van der Waals surface area contributed by atoms with Gasteiger partial charge in [-0.3, -0.25) is 0 Å². The van der Waals surface area contributed by atoms with E-state index in [1.165, 1.54) is 87.4 Å². The van der Waals surface area contributed by atoms with E-state index in [2.05, 4.69) is 79.1 Å². The molecule has 0 N–H and O–H groups in total. The van der Waals surface area contributed by atoms with Crippen LogP contribution in [0.1, 0.15) is 48.4 Å². The van der Waals surface area contributed by atoms with E-state index in [1.54, 1.807) is 11.1 Å². The summed E-state index contributed by atoms with van der Waals surface area (Å²) in [4.78, 5) is 0. The van der Waals surface area contributed by atoms with Crippen molar-refractivity contribution in [3.63, 3.8) is 0 Å². The zero-order valence-corrected chi connectivity index (χ0v) is 18.3. The van der Waals surface area contributed by atoms with Gasteiger partial charge in [-0.05, 0) is 98.4 Å². The van der Waals surface area contributed by atoms with Crippen LogP contribution in [-0.2, 0) is 12.8 Å². The lowest BCUT2D eigenvalue weighted by molar-refractivity contribution is 0.435. The number of benzene rings is 3. The predicted octanol–water partition coefficient (Wildman–Crippen LogP) is 7.70. The van der Waals surface area contributed by atoms with Crippen LogP contribution in [0.3, 0.4) is 0 Å². The molecule has 0 radical (unpaired) electrons. The number of nitrogens with zero attached hydrogens (tertiary/aromatic N) is 1. The van der Waals surface area contributed by atoms with Gasteiger partial charge in [0.15, 0.2) is 0 Å². The molecule has 1 aromatic heterocycles. The molecule has 3 aliphatic carbocycles. The number of aromatic nitrogens is 1. The van der Waals surface area contributed by atoms with Crippen molar-refractivity contribution in [2.75, 3.05) is 0 Å². The van der Waals surface area contributed by atoms with E-state index in [4.69, 9.17) is 0 Å². The molecule has 1 atom stereocenters. The molecule has 3 aromatic carbocycles. The molecule has 4 aromatic rings. The smallest absolute Gasteiger partial charge is 0.0622 e.